The number of hydrogen-bond acceptors (Lipinski definition) is 2. The molecule has 0 fully saturated rings. The van der Waals surface area contributed by atoms with E-state index in [1.807, 2.05) is 60.7 Å². The summed E-state index contributed by atoms with van der Waals surface area (Å²) in [7, 11) is 0. The maximum absolute atomic E-state index is 11.8. The molecule has 0 spiro atoms. The minimum Gasteiger partial charge on any atom is -0.330 e. The molecule has 2 aromatic rings. The molecule has 0 saturated carbocycles. The van der Waals surface area contributed by atoms with Gasteiger partial charge in [-0.1, -0.05) is 67.6 Å². The quantitative estimate of drug-likeness (QED) is 0.838. The van der Waals surface area contributed by atoms with Crippen LogP contribution >= 0.6 is 0 Å². The third-order valence-electron chi connectivity index (χ3n) is 2.36. The highest BCUT2D eigenvalue weighted by Crippen LogP contribution is 2.08. The van der Waals surface area contributed by atoms with Gasteiger partial charge in [0.25, 0.3) is 0 Å². The molecule has 0 aliphatic carbocycles. The van der Waals surface area contributed by atoms with Gasteiger partial charge in [0.15, 0.2) is 5.78 Å². The molecule has 18 heavy (non-hydrogen) atoms. The lowest BCUT2D eigenvalue weighted by molar-refractivity contribution is 0.103. The molecule has 0 saturated heterocycles. The number of nitrogens with two attached hydrogens (primary N) is 1. The van der Waals surface area contributed by atoms with Crippen LogP contribution in [0.2, 0.25) is 0 Å². The van der Waals surface area contributed by atoms with Crippen molar-refractivity contribution in [1.82, 2.24) is 0 Å². The summed E-state index contributed by atoms with van der Waals surface area (Å²) in [6.45, 7) is 2.88. The maximum Gasteiger partial charge on any atom is 0.193 e. The first-order valence-corrected chi connectivity index (χ1v) is 6.14. The zero-order chi connectivity index (χ0) is 13.2. The second-order valence-corrected chi connectivity index (χ2v) is 3.85. The summed E-state index contributed by atoms with van der Waals surface area (Å²) in [6.07, 6.45) is 1.10. The van der Waals surface area contributed by atoms with Crippen molar-refractivity contribution in [1.29, 1.82) is 0 Å². The van der Waals surface area contributed by atoms with Gasteiger partial charge in [0.1, 0.15) is 0 Å². The Kier molecular flexibility index (Phi) is 6.44. The normalized spacial score (nSPS) is 9.22. The second kappa shape index (κ2) is 8.20. The van der Waals surface area contributed by atoms with Crippen molar-refractivity contribution in [3.05, 3.63) is 71.8 Å². The fraction of sp³-hybridized carbons (Fsp3) is 0.188. The monoisotopic (exact) mass is 241 g/mol. The van der Waals surface area contributed by atoms with Crippen molar-refractivity contribution >= 4 is 5.78 Å². The molecule has 2 rings (SSSR count). The van der Waals surface area contributed by atoms with Crippen LogP contribution in [0.5, 0.6) is 0 Å². The average Bonchev–Trinajstić information content (AvgIpc) is 2.48. The fourth-order valence-electron chi connectivity index (χ4n) is 1.35. The highest BCUT2D eigenvalue weighted by atomic mass is 16.1. The smallest absolute Gasteiger partial charge is 0.193 e. The Morgan fingerprint density at radius 2 is 1.22 bits per heavy atom. The first-order valence-electron chi connectivity index (χ1n) is 6.14. The first-order chi connectivity index (χ1) is 8.79. The number of benzene rings is 2. The van der Waals surface area contributed by atoms with Crippen LogP contribution in [0, 0.1) is 0 Å². The van der Waals surface area contributed by atoms with Gasteiger partial charge in [-0.15, -0.1) is 0 Å². The second-order valence-electron chi connectivity index (χ2n) is 3.85. The van der Waals surface area contributed by atoms with Crippen molar-refractivity contribution in [2.75, 3.05) is 6.54 Å². The molecule has 0 amide bonds. The largest absolute Gasteiger partial charge is 0.330 e. The van der Waals surface area contributed by atoms with Crippen LogP contribution in [-0.2, 0) is 0 Å². The molecule has 0 atom stereocenters. The number of rotatable bonds is 3. The van der Waals surface area contributed by atoms with E-state index in [0.29, 0.717) is 0 Å². The predicted octanol–water partition coefficient (Wildman–Crippen LogP) is 3.27. The topological polar surface area (TPSA) is 43.1 Å². The number of hydrogen-bond donors (Lipinski definition) is 1. The van der Waals surface area contributed by atoms with Gasteiger partial charge < -0.3 is 5.73 Å². The molecule has 2 N–H and O–H groups in total. The Hall–Kier alpha value is -1.93. The highest BCUT2D eigenvalue weighted by Gasteiger charge is 2.06. The summed E-state index contributed by atoms with van der Waals surface area (Å²) in [5.74, 6) is 0.0752. The van der Waals surface area contributed by atoms with E-state index in [1.54, 1.807) is 0 Å². The summed E-state index contributed by atoms with van der Waals surface area (Å²) < 4.78 is 0. The van der Waals surface area contributed by atoms with Crippen molar-refractivity contribution in [2.24, 2.45) is 5.73 Å². The molecule has 0 unspecified atom stereocenters. The summed E-state index contributed by atoms with van der Waals surface area (Å²) in [6, 6.07) is 18.6. The van der Waals surface area contributed by atoms with Gasteiger partial charge in [0.2, 0.25) is 0 Å². The summed E-state index contributed by atoms with van der Waals surface area (Å²) in [5, 5.41) is 0. The van der Waals surface area contributed by atoms with Gasteiger partial charge in [0, 0.05) is 11.1 Å². The minimum atomic E-state index is 0.0752. The van der Waals surface area contributed by atoms with Crippen LogP contribution in [0.1, 0.15) is 29.3 Å². The van der Waals surface area contributed by atoms with Gasteiger partial charge in [-0.05, 0) is 13.0 Å². The van der Waals surface area contributed by atoms with Crippen molar-refractivity contribution < 1.29 is 4.79 Å². The molecule has 0 aliphatic heterocycles. The number of ketones is 1. The lowest BCUT2D eigenvalue weighted by atomic mass is 10.0. The lowest BCUT2D eigenvalue weighted by Crippen LogP contribution is -1.99. The molecule has 0 heterocycles. The molecule has 94 valence electrons. The minimum absolute atomic E-state index is 0.0752. The maximum atomic E-state index is 11.8. The fourth-order valence-corrected chi connectivity index (χ4v) is 1.35. The molecule has 0 aliphatic rings. The number of carbonyl (C=O) groups excluding carboxylic acids is 1. The summed E-state index contributed by atoms with van der Waals surface area (Å²) in [4.78, 5) is 11.8. The molecular formula is C16H19NO. The van der Waals surface area contributed by atoms with E-state index in [1.165, 1.54) is 0 Å². The molecule has 2 aromatic carbocycles. The van der Waals surface area contributed by atoms with E-state index < -0.39 is 0 Å². The van der Waals surface area contributed by atoms with Crippen molar-refractivity contribution in [2.45, 2.75) is 13.3 Å². The van der Waals surface area contributed by atoms with Gasteiger partial charge in [0.05, 0.1) is 0 Å². The van der Waals surface area contributed by atoms with E-state index in [9.17, 15) is 4.79 Å². The Bertz CT molecular complexity index is 408. The molecular weight excluding hydrogens is 222 g/mol. The SMILES string of the molecule is CCCN.O=C(c1ccccc1)c1ccccc1. The van der Waals surface area contributed by atoms with E-state index in [-0.39, 0.29) is 5.78 Å². The highest BCUT2D eigenvalue weighted by molar-refractivity contribution is 6.08. The van der Waals surface area contributed by atoms with Crippen molar-refractivity contribution in [3.63, 3.8) is 0 Å². The zero-order valence-corrected chi connectivity index (χ0v) is 10.7. The Morgan fingerprint density at radius 1 is 0.889 bits per heavy atom. The predicted molar refractivity (Wildman–Crippen MR) is 75.7 cm³/mol. The van der Waals surface area contributed by atoms with Gasteiger partial charge in [-0.2, -0.15) is 0 Å². The summed E-state index contributed by atoms with van der Waals surface area (Å²) in [5.41, 5.74) is 6.50. The standard InChI is InChI=1S/C13H10O.C3H9N/c14-13(11-7-3-1-4-8-11)12-9-5-2-6-10-12;1-2-3-4/h1-10H;2-4H2,1H3. The molecule has 2 heteroatoms. The van der Waals surface area contributed by atoms with Crippen LogP contribution in [0.15, 0.2) is 60.7 Å². The Morgan fingerprint density at radius 3 is 1.50 bits per heavy atom. The van der Waals surface area contributed by atoms with E-state index in [2.05, 4.69) is 6.92 Å². The van der Waals surface area contributed by atoms with Gasteiger partial charge in [-0.3, -0.25) is 4.79 Å². The molecule has 0 radical (unpaired) electrons. The molecule has 2 nitrogen and oxygen atoms in total. The van der Waals surface area contributed by atoms with Crippen LogP contribution in [0.3, 0.4) is 0 Å². The average molecular weight is 241 g/mol. The Labute approximate surface area is 108 Å². The first kappa shape index (κ1) is 14.1. The summed E-state index contributed by atoms with van der Waals surface area (Å²) >= 11 is 0. The van der Waals surface area contributed by atoms with E-state index in [4.69, 9.17) is 5.73 Å². The molecule has 0 aromatic heterocycles. The zero-order valence-electron chi connectivity index (χ0n) is 10.7. The van der Waals surface area contributed by atoms with Crippen LogP contribution < -0.4 is 5.73 Å². The molecule has 0 bridgehead atoms. The van der Waals surface area contributed by atoms with E-state index in [0.717, 1.165) is 24.1 Å². The third-order valence-corrected chi connectivity index (χ3v) is 2.36. The van der Waals surface area contributed by atoms with Gasteiger partial charge in [-0.25, -0.2) is 0 Å². The third kappa shape index (κ3) is 4.52. The Balaban J connectivity index is 0.000000357. The van der Waals surface area contributed by atoms with Crippen LogP contribution in [0.4, 0.5) is 0 Å². The van der Waals surface area contributed by atoms with Gasteiger partial charge >= 0.3 is 0 Å². The number of carbonyl (C=O) groups is 1. The van der Waals surface area contributed by atoms with Crippen LogP contribution in [-0.4, -0.2) is 12.3 Å². The van der Waals surface area contributed by atoms with Crippen molar-refractivity contribution in [3.8, 4) is 0 Å². The van der Waals surface area contributed by atoms with E-state index >= 15 is 0 Å². The van der Waals surface area contributed by atoms with Crippen LogP contribution in [0.25, 0.3) is 0 Å². The lowest BCUT2D eigenvalue weighted by Gasteiger charge is -1.99.